The zero-order chi connectivity index (χ0) is 17.0. The molecule has 0 saturated carbocycles. The Morgan fingerprint density at radius 1 is 1.42 bits per heavy atom. The van der Waals surface area contributed by atoms with E-state index in [0.29, 0.717) is 24.6 Å². The van der Waals surface area contributed by atoms with Crippen molar-refractivity contribution in [1.29, 1.82) is 0 Å². The summed E-state index contributed by atoms with van der Waals surface area (Å²) in [6.45, 7) is 5.08. The van der Waals surface area contributed by atoms with Crippen LogP contribution in [-0.2, 0) is 4.74 Å². The number of carbonyl (C=O) groups is 1. The van der Waals surface area contributed by atoms with Crippen LogP contribution >= 0.6 is 36.2 Å². The summed E-state index contributed by atoms with van der Waals surface area (Å²) >= 11 is 1.47. The van der Waals surface area contributed by atoms with Gasteiger partial charge in [0.2, 0.25) is 0 Å². The van der Waals surface area contributed by atoms with Crippen LogP contribution in [0, 0.1) is 12.3 Å². The highest BCUT2D eigenvalue weighted by Crippen LogP contribution is 2.30. The van der Waals surface area contributed by atoms with Gasteiger partial charge in [-0.05, 0) is 45.0 Å². The van der Waals surface area contributed by atoms with Crippen molar-refractivity contribution in [3.05, 3.63) is 29.0 Å². The zero-order valence-electron chi connectivity index (χ0n) is 14.9. The molecule has 2 aromatic rings. The van der Waals surface area contributed by atoms with E-state index in [4.69, 9.17) is 9.15 Å². The Bertz CT molecular complexity index is 680. The van der Waals surface area contributed by atoms with E-state index in [9.17, 15) is 4.79 Å². The van der Waals surface area contributed by atoms with Gasteiger partial charge in [-0.3, -0.25) is 4.79 Å². The fourth-order valence-corrected chi connectivity index (χ4v) is 3.98. The van der Waals surface area contributed by atoms with Gasteiger partial charge < -0.3 is 19.8 Å². The van der Waals surface area contributed by atoms with E-state index in [1.54, 1.807) is 13.4 Å². The van der Waals surface area contributed by atoms with Gasteiger partial charge in [0.15, 0.2) is 10.8 Å². The molecule has 0 atom stereocenters. The summed E-state index contributed by atoms with van der Waals surface area (Å²) in [6.07, 6.45) is 3.60. The maximum absolute atomic E-state index is 12.6. The number of carbonyl (C=O) groups excluding carboxylic acids is 1. The molecule has 2 aromatic heterocycles. The highest BCUT2D eigenvalue weighted by molar-refractivity contribution is 7.15. The van der Waals surface area contributed by atoms with Gasteiger partial charge >= 0.3 is 0 Å². The van der Waals surface area contributed by atoms with Gasteiger partial charge in [0.1, 0.15) is 5.69 Å². The summed E-state index contributed by atoms with van der Waals surface area (Å²) in [5.41, 5.74) is 0.483. The Kier molecular flexibility index (Phi) is 9.06. The maximum Gasteiger partial charge on any atom is 0.271 e. The molecule has 0 radical (unpaired) electrons. The summed E-state index contributed by atoms with van der Waals surface area (Å²) in [5.74, 6) is 0.562. The van der Waals surface area contributed by atoms with Crippen molar-refractivity contribution in [2.24, 2.45) is 5.41 Å². The number of furan rings is 1. The molecule has 0 aromatic carbocycles. The van der Waals surface area contributed by atoms with Crippen molar-refractivity contribution in [2.75, 3.05) is 33.4 Å². The third-order valence-corrected chi connectivity index (χ3v) is 5.47. The van der Waals surface area contributed by atoms with Crippen LogP contribution < -0.4 is 10.6 Å². The molecule has 0 bridgehead atoms. The van der Waals surface area contributed by atoms with Crippen molar-refractivity contribution >= 4 is 42.1 Å². The van der Waals surface area contributed by atoms with E-state index < -0.39 is 0 Å². The predicted molar refractivity (Wildman–Crippen MR) is 108 cm³/mol. The molecule has 1 aliphatic rings. The second-order valence-electron chi connectivity index (χ2n) is 6.27. The van der Waals surface area contributed by atoms with Crippen molar-refractivity contribution in [2.45, 2.75) is 19.8 Å². The molecule has 0 aliphatic carbocycles. The molecule has 146 valence electrons. The van der Waals surface area contributed by atoms with Gasteiger partial charge in [-0.1, -0.05) is 0 Å². The summed E-state index contributed by atoms with van der Waals surface area (Å²) in [6, 6.07) is 3.67. The molecule has 0 spiro atoms. The number of hydrogen-bond acceptors (Lipinski definition) is 6. The lowest BCUT2D eigenvalue weighted by Crippen LogP contribution is -2.47. The number of hydrogen-bond donors (Lipinski definition) is 2. The largest absolute Gasteiger partial charge is 0.462 e. The van der Waals surface area contributed by atoms with E-state index in [0.717, 1.165) is 35.8 Å². The van der Waals surface area contributed by atoms with E-state index in [1.165, 1.54) is 11.3 Å². The molecule has 26 heavy (non-hydrogen) atoms. The quantitative estimate of drug-likeness (QED) is 0.747. The zero-order valence-corrected chi connectivity index (χ0v) is 17.3. The molecule has 3 rings (SSSR count). The molecular weight excluding hydrogens is 397 g/mol. The minimum absolute atomic E-state index is 0. The van der Waals surface area contributed by atoms with Crippen LogP contribution in [-0.4, -0.2) is 44.2 Å². The van der Waals surface area contributed by atoms with Crippen molar-refractivity contribution in [3.8, 4) is 10.8 Å². The fourth-order valence-electron chi connectivity index (χ4n) is 3.10. The van der Waals surface area contributed by atoms with Crippen LogP contribution in [0.1, 0.15) is 28.2 Å². The SMILES string of the molecule is COCC1(CNC(=O)c2nc(-c3ccco3)sc2C)CCNCC1.Cl.Cl. The van der Waals surface area contributed by atoms with Gasteiger partial charge in [0, 0.05) is 23.9 Å². The Morgan fingerprint density at radius 3 is 2.77 bits per heavy atom. The number of thiazole rings is 1. The molecule has 9 heteroatoms. The number of halogens is 2. The van der Waals surface area contributed by atoms with E-state index in [-0.39, 0.29) is 36.1 Å². The summed E-state index contributed by atoms with van der Waals surface area (Å²) in [7, 11) is 1.71. The molecular formula is C17H25Cl2N3O3S. The molecule has 1 aliphatic heterocycles. The number of piperidine rings is 1. The van der Waals surface area contributed by atoms with Crippen LogP contribution in [0.5, 0.6) is 0 Å². The standard InChI is InChI=1S/C17H23N3O3S.2ClH/c1-12-14(20-16(24-12)13-4-3-9-23-13)15(21)19-10-17(11-22-2)5-7-18-8-6-17;;/h3-4,9,18H,5-8,10-11H2,1-2H3,(H,19,21);2*1H. The highest BCUT2D eigenvalue weighted by atomic mass is 35.5. The second-order valence-corrected chi connectivity index (χ2v) is 7.47. The van der Waals surface area contributed by atoms with Crippen LogP contribution in [0.15, 0.2) is 22.8 Å². The number of ether oxygens (including phenoxy) is 1. The Morgan fingerprint density at radius 2 is 2.15 bits per heavy atom. The number of nitrogens with one attached hydrogen (secondary N) is 2. The maximum atomic E-state index is 12.6. The number of amides is 1. The minimum Gasteiger partial charge on any atom is -0.462 e. The topological polar surface area (TPSA) is 76.4 Å². The van der Waals surface area contributed by atoms with Crippen molar-refractivity contribution in [3.63, 3.8) is 0 Å². The highest BCUT2D eigenvalue weighted by Gasteiger charge is 2.33. The van der Waals surface area contributed by atoms with Crippen LogP contribution in [0.3, 0.4) is 0 Å². The average Bonchev–Trinajstić information content (AvgIpc) is 3.23. The summed E-state index contributed by atoms with van der Waals surface area (Å²) in [5, 5.41) is 7.15. The number of rotatable bonds is 6. The van der Waals surface area contributed by atoms with Crippen LogP contribution in [0.2, 0.25) is 0 Å². The molecule has 2 N–H and O–H groups in total. The Balaban J connectivity index is 0.00000169. The molecule has 1 fully saturated rings. The Labute approximate surface area is 169 Å². The molecule has 0 unspecified atom stereocenters. The van der Waals surface area contributed by atoms with Gasteiger partial charge in [-0.15, -0.1) is 36.2 Å². The second kappa shape index (κ2) is 10.3. The normalized spacial score (nSPS) is 15.6. The first-order valence-electron chi connectivity index (χ1n) is 8.13. The predicted octanol–water partition coefficient (Wildman–Crippen LogP) is 3.30. The number of aryl methyl sites for hydroxylation is 1. The summed E-state index contributed by atoms with van der Waals surface area (Å²) in [4.78, 5) is 17.9. The lowest BCUT2D eigenvalue weighted by Gasteiger charge is -2.37. The van der Waals surface area contributed by atoms with Crippen LogP contribution in [0.25, 0.3) is 10.8 Å². The van der Waals surface area contributed by atoms with Gasteiger partial charge in [-0.25, -0.2) is 4.98 Å². The Hall–Kier alpha value is -1.12. The van der Waals surface area contributed by atoms with E-state index in [2.05, 4.69) is 15.6 Å². The third-order valence-electron chi connectivity index (χ3n) is 4.48. The number of nitrogens with zero attached hydrogens (tertiary/aromatic N) is 1. The average molecular weight is 422 g/mol. The third kappa shape index (κ3) is 5.20. The molecule has 6 nitrogen and oxygen atoms in total. The summed E-state index contributed by atoms with van der Waals surface area (Å²) < 4.78 is 10.8. The van der Waals surface area contributed by atoms with E-state index >= 15 is 0 Å². The van der Waals surface area contributed by atoms with Gasteiger partial charge in [0.05, 0.1) is 12.9 Å². The number of aromatic nitrogens is 1. The smallest absolute Gasteiger partial charge is 0.271 e. The van der Waals surface area contributed by atoms with E-state index in [1.807, 2.05) is 19.1 Å². The van der Waals surface area contributed by atoms with Gasteiger partial charge in [-0.2, -0.15) is 0 Å². The first-order valence-corrected chi connectivity index (χ1v) is 8.94. The lowest BCUT2D eigenvalue weighted by molar-refractivity contribution is 0.0511. The minimum atomic E-state index is -0.129. The molecule has 1 amide bonds. The first kappa shape index (κ1) is 22.9. The van der Waals surface area contributed by atoms with Crippen molar-refractivity contribution < 1.29 is 13.9 Å². The van der Waals surface area contributed by atoms with Gasteiger partial charge in [0.25, 0.3) is 5.91 Å². The number of methoxy groups -OCH3 is 1. The molecule has 3 heterocycles. The molecule has 1 saturated heterocycles. The lowest BCUT2D eigenvalue weighted by atomic mass is 9.79. The van der Waals surface area contributed by atoms with Crippen LogP contribution in [0.4, 0.5) is 0 Å². The fraction of sp³-hybridized carbons (Fsp3) is 0.529. The van der Waals surface area contributed by atoms with Crippen molar-refractivity contribution in [1.82, 2.24) is 15.6 Å². The first-order chi connectivity index (χ1) is 11.6. The monoisotopic (exact) mass is 421 g/mol.